The van der Waals surface area contributed by atoms with Gasteiger partial charge < -0.3 is 20.6 Å². The van der Waals surface area contributed by atoms with Gasteiger partial charge in [-0.3, -0.25) is 4.79 Å². The van der Waals surface area contributed by atoms with E-state index in [0.717, 1.165) is 17.0 Å². The van der Waals surface area contributed by atoms with Gasteiger partial charge in [0.25, 0.3) is 5.91 Å². The molecule has 0 aromatic heterocycles. The Hall–Kier alpha value is -2.34. The molecule has 5 nitrogen and oxygen atoms in total. The minimum absolute atomic E-state index is 0.298. The summed E-state index contributed by atoms with van der Waals surface area (Å²) in [7, 11) is 0. The standard InChI is InChI=1S/C13H11NO4S/c15-8-5-10(16)12(11(17)6-8)13(18)14-7-1-3-9(19)4-2-7/h1-6,15-17,19H,(H,14,18). The normalized spacial score (nSPS) is 10.2. The summed E-state index contributed by atoms with van der Waals surface area (Å²) < 4.78 is 0. The quantitative estimate of drug-likeness (QED) is 0.545. The minimum atomic E-state index is -0.679. The van der Waals surface area contributed by atoms with Gasteiger partial charge in [-0.2, -0.15) is 0 Å². The van der Waals surface area contributed by atoms with Gasteiger partial charge in [-0.25, -0.2) is 0 Å². The zero-order chi connectivity index (χ0) is 14.0. The summed E-state index contributed by atoms with van der Waals surface area (Å²) in [6.07, 6.45) is 0. The van der Waals surface area contributed by atoms with Crippen LogP contribution in [0, 0.1) is 0 Å². The lowest BCUT2D eigenvalue weighted by atomic mass is 10.1. The van der Waals surface area contributed by atoms with Gasteiger partial charge in [-0.1, -0.05) is 0 Å². The molecule has 1 amide bonds. The first-order valence-corrected chi connectivity index (χ1v) is 5.77. The molecule has 0 bridgehead atoms. The number of phenolic OH excluding ortho intramolecular Hbond substituents is 3. The second kappa shape index (κ2) is 5.11. The van der Waals surface area contributed by atoms with Crippen LogP contribution in [0.3, 0.4) is 0 Å². The van der Waals surface area contributed by atoms with Crippen molar-refractivity contribution in [2.75, 3.05) is 5.32 Å². The predicted octanol–water partition coefficient (Wildman–Crippen LogP) is 2.34. The highest BCUT2D eigenvalue weighted by Gasteiger charge is 2.17. The summed E-state index contributed by atoms with van der Waals surface area (Å²) in [6, 6.07) is 8.60. The number of thiol groups is 1. The largest absolute Gasteiger partial charge is 0.508 e. The fourth-order valence-electron chi connectivity index (χ4n) is 1.57. The average molecular weight is 277 g/mol. The number of rotatable bonds is 2. The highest BCUT2D eigenvalue weighted by Crippen LogP contribution is 2.32. The molecule has 98 valence electrons. The van der Waals surface area contributed by atoms with Crippen molar-refractivity contribution in [2.24, 2.45) is 0 Å². The topological polar surface area (TPSA) is 89.8 Å². The van der Waals surface area contributed by atoms with Gasteiger partial charge in [0.2, 0.25) is 0 Å². The van der Waals surface area contributed by atoms with E-state index in [1.807, 2.05) is 0 Å². The lowest BCUT2D eigenvalue weighted by Crippen LogP contribution is -2.12. The molecule has 4 N–H and O–H groups in total. The van der Waals surface area contributed by atoms with Gasteiger partial charge in [0, 0.05) is 22.7 Å². The fraction of sp³-hybridized carbons (Fsp3) is 0. The molecule has 0 fully saturated rings. The summed E-state index contributed by atoms with van der Waals surface area (Å²) >= 11 is 4.12. The monoisotopic (exact) mass is 277 g/mol. The van der Waals surface area contributed by atoms with Gasteiger partial charge in [0.05, 0.1) is 0 Å². The van der Waals surface area contributed by atoms with E-state index in [-0.39, 0.29) is 11.3 Å². The third-order valence-electron chi connectivity index (χ3n) is 2.43. The first-order valence-electron chi connectivity index (χ1n) is 5.32. The molecule has 0 radical (unpaired) electrons. The van der Waals surface area contributed by atoms with Crippen LogP contribution >= 0.6 is 12.6 Å². The Labute approximate surface area is 114 Å². The van der Waals surface area contributed by atoms with Crippen LogP contribution in [0.15, 0.2) is 41.3 Å². The zero-order valence-electron chi connectivity index (χ0n) is 9.66. The van der Waals surface area contributed by atoms with E-state index in [2.05, 4.69) is 17.9 Å². The minimum Gasteiger partial charge on any atom is -0.508 e. The van der Waals surface area contributed by atoms with Crippen LogP contribution in [-0.4, -0.2) is 21.2 Å². The molecule has 0 heterocycles. The average Bonchev–Trinajstić information content (AvgIpc) is 2.30. The predicted molar refractivity (Wildman–Crippen MR) is 73.1 cm³/mol. The first kappa shape index (κ1) is 13.1. The maximum absolute atomic E-state index is 11.9. The lowest BCUT2D eigenvalue weighted by molar-refractivity contribution is 0.102. The number of phenols is 3. The number of nitrogens with one attached hydrogen (secondary N) is 1. The van der Waals surface area contributed by atoms with Crippen molar-refractivity contribution in [3.63, 3.8) is 0 Å². The number of carbonyl (C=O) groups is 1. The Morgan fingerprint density at radius 2 is 1.53 bits per heavy atom. The van der Waals surface area contributed by atoms with Gasteiger partial charge in [0.1, 0.15) is 22.8 Å². The van der Waals surface area contributed by atoms with Crippen LogP contribution in [0.25, 0.3) is 0 Å². The fourth-order valence-corrected chi connectivity index (χ4v) is 1.72. The van der Waals surface area contributed by atoms with Gasteiger partial charge in [0.15, 0.2) is 0 Å². The molecule has 0 saturated heterocycles. The Morgan fingerprint density at radius 3 is 2.05 bits per heavy atom. The van der Waals surface area contributed by atoms with E-state index in [0.29, 0.717) is 5.69 Å². The maximum atomic E-state index is 11.9. The van der Waals surface area contributed by atoms with Gasteiger partial charge >= 0.3 is 0 Å². The molecule has 19 heavy (non-hydrogen) atoms. The number of hydrogen-bond acceptors (Lipinski definition) is 5. The van der Waals surface area contributed by atoms with Crippen LogP contribution in [0.2, 0.25) is 0 Å². The first-order chi connectivity index (χ1) is 8.97. The number of hydrogen-bond donors (Lipinski definition) is 5. The molecule has 0 unspecified atom stereocenters. The summed E-state index contributed by atoms with van der Waals surface area (Å²) in [4.78, 5) is 12.7. The van der Waals surface area contributed by atoms with Crippen molar-refractivity contribution < 1.29 is 20.1 Å². The molecular weight excluding hydrogens is 266 g/mol. The van der Waals surface area contributed by atoms with E-state index in [9.17, 15) is 15.0 Å². The Kier molecular flexibility index (Phi) is 3.52. The summed E-state index contributed by atoms with van der Waals surface area (Å²) in [5.41, 5.74) is 0.197. The van der Waals surface area contributed by atoms with Crippen LogP contribution in [0.5, 0.6) is 17.2 Å². The molecule has 6 heteroatoms. The van der Waals surface area contributed by atoms with E-state index in [1.165, 1.54) is 0 Å². The Morgan fingerprint density at radius 1 is 1.00 bits per heavy atom. The van der Waals surface area contributed by atoms with Crippen molar-refractivity contribution in [2.45, 2.75) is 4.90 Å². The number of amides is 1. The van der Waals surface area contributed by atoms with E-state index < -0.39 is 17.4 Å². The number of carbonyl (C=O) groups excluding carboxylic acids is 1. The second-order valence-corrected chi connectivity index (χ2v) is 4.38. The zero-order valence-corrected chi connectivity index (χ0v) is 10.6. The van der Waals surface area contributed by atoms with Crippen LogP contribution < -0.4 is 5.32 Å². The number of anilines is 1. The van der Waals surface area contributed by atoms with E-state index >= 15 is 0 Å². The molecule has 0 aliphatic rings. The Bertz CT molecular complexity index is 602. The van der Waals surface area contributed by atoms with Crippen molar-refractivity contribution in [1.29, 1.82) is 0 Å². The molecule has 0 atom stereocenters. The molecule has 2 aromatic carbocycles. The molecule has 0 aliphatic carbocycles. The van der Waals surface area contributed by atoms with Crippen molar-refractivity contribution in [1.82, 2.24) is 0 Å². The molecule has 0 aliphatic heterocycles. The Balaban J connectivity index is 2.28. The number of aromatic hydroxyl groups is 3. The lowest BCUT2D eigenvalue weighted by Gasteiger charge is -2.09. The molecule has 0 spiro atoms. The third kappa shape index (κ3) is 2.92. The highest BCUT2D eigenvalue weighted by molar-refractivity contribution is 7.80. The second-order valence-electron chi connectivity index (χ2n) is 3.86. The molecular formula is C13H11NO4S. The summed E-state index contributed by atoms with van der Waals surface area (Å²) in [5.74, 6) is -2.01. The molecule has 0 saturated carbocycles. The van der Waals surface area contributed by atoms with Crippen molar-refractivity contribution in [3.05, 3.63) is 42.0 Å². The maximum Gasteiger partial charge on any atom is 0.263 e. The van der Waals surface area contributed by atoms with Crippen LogP contribution in [0.1, 0.15) is 10.4 Å². The summed E-state index contributed by atoms with van der Waals surface area (Å²) in [5, 5.41) is 30.8. The van der Waals surface area contributed by atoms with Crippen LogP contribution in [0.4, 0.5) is 5.69 Å². The van der Waals surface area contributed by atoms with E-state index in [1.54, 1.807) is 24.3 Å². The number of benzene rings is 2. The molecule has 2 aromatic rings. The smallest absolute Gasteiger partial charge is 0.263 e. The van der Waals surface area contributed by atoms with Gasteiger partial charge in [-0.05, 0) is 24.3 Å². The van der Waals surface area contributed by atoms with Crippen molar-refractivity contribution in [3.8, 4) is 17.2 Å². The van der Waals surface area contributed by atoms with Crippen molar-refractivity contribution >= 4 is 24.2 Å². The third-order valence-corrected chi connectivity index (χ3v) is 2.73. The SMILES string of the molecule is O=C(Nc1ccc(S)cc1)c1c(O)cc(O)cc1O. The van der Waals surface area contributed by atoms with Crippen LogP contribution in [-0.2, 0) is 0 Å². The molecule has 2 rings (SSSR count). The van der Waals surface area contributed by atoms with E-state index in [4.69, 9.17) is 5.11 Å². The van der Waals surface area contributed by atoms with Gasteiger partial charge in [-0.15, -0.1) is 12.6 Å². The highest BCUT2D eigenvalue weighted by atomic mass is 32.1. The summed E-state index contributed by atoms with van der Waals surface area (Å²) in [6.45, 7) is 0.